The Bertz CT molecular complexity index is 343. The Kier molecular flexibility index (Phi) is 4.36. The summed E-state index contributed by atoms with van der Waals surface area (Å²) < 4.78 is 0. The van der Waals surface area contributed by atoms with E-state index in [0.717, 1.165) is 17.2 Å². The van der Waals surface area contributed by atoms with Crippen LogP contribution in [-0.2, 0) is 6.54 Å². The molecule has 1 fully saturated rings. The third-order valence-corrected chi connectivity index (χ3v) is 3.68. The summed E-state index contributed by atoms with van der Waals surface area (Å²) in [6, 6.07) is 0.572. The first-order valence-electron chi connectivity index (χ1n) is 6.25. The van der Waals surface area contributed by atoms with Crippen LogP contribution in [0.25, 0.3) is 0 Å². The molecule has 0 spiro atoms. The van der Waals surface area contributed by atoms with E-state index in [4.69, 9.17) is 12.2 Å². The van der Waals surface area contributed by atoms with Gasteiger partial charge < -0.3 is 10.2 Å². The molecule has 1 heterocycles. The standard InChI is InChI=1S/C12H20N4S/c1-16(9-10-7-13-14-8-10)12(17)15-11-5-3-2-4-6-11/h7-8,11H,2-6,9H2,1H3,(H,13,14)(H,15,17). The van der Waals surface area contributed by atoms with Gasteiger partial charge >= 0.3 is 0 Å². The fraction of sp³-hybridized carbons (Fsp3) is 0.667. The summed E-state index contributed by atoms with van der Waals surface area (Å²) in [5.74, 6) is 0. The summed E-state index contributed by atoms with van der Waals surface area (Å²) in [5, 5.41) is 11.1. The van der Waals surface area contributed by atoms with E-state index >= 15 is 0 Å². The smallest absolute Gasteiger partial charge is 0.169 e. The zero-order valence-corrected chi connectivity index (χ0v) is 11.1. The molecule has 0 amide bonds. The number of rotatable bonds is 3. The molecule has 0 aromatic carbocycles. The molecule has 0 bridgehead atoms. The minimum Gasteiger partial charge on any atom is -0.360 e. The van der Waals surface area contributed by atoms with E-state index in [1.54, 1.807) is 0 Å². The van der Waals surface area contributed by atoms with Gasteiger partial charge in [-0.25, -0.2) is 0 Å². The molecule has 0 unspecified atom stereocenters. The van der Waals surface area contributed by atoms with Crippen molar-refractivity contribution in [2.24, 2.45) is 0 Å². The highest BCUT2D eigenvalue weighted by Gasteiger charge is 2.15. The van der Waals surface area contributed by atoms with E-state index < -0.39 is 0 Å². The molecule has 4 nitrogen and oxygen atoms in total. The maximum absolute atomic E-state index is 5.41. The van der Waals surface area contributed by atoms with Crippen LogP contribution in [0.3, 0.4) is 0 Å². The largest absolute Gasteiger partial charge is 0.360 e. The summed E-state index contributed by atoms with van der Waals surface area (Å²) >= 11 is 5.41. The highest BCUT2D eigenvalue weighted by molar-refractivity contribution is 7.80. The van der Waals surface area contributed by atoms with Crippen molar-refractivity contribution in [2.45, 2.75) is 44.7 Å². The monoisotopic (exact) mass is 252 g/mol. The Morgan fingerprint density at radius 2 is 2.29 bits per heavy atom. The second-order valence-corrected chi connectivity index (χ2v) is 5.13. The third kappa shape index (κ3) is 3.70. The fourth-order valence-electron chi connectivity index (χ4n) is 2.24. The predicted octanol–water partition coefficient (Wildman–Crippen LogP) is 2.05. The summed E-state index contributed by atoms with van der Waals surface area (Å²) in [5.41, 5.74) is 1.15. The molecule has 2 rings (SSSR count). The first kappa shape index (κ1) is 12.4. The number of thiocarbonyl (C=S) groups is 1. The van der Waals surface area contributed by atoms with E-state index in [9.17, 15) is 0 Å². The van der Waals surface area contributed by atoms with Gasteiger partial charge in [0, 0.05) is 31.4 Å². The quantitative estimate of drug-likeness (QED) is 0.808. The average Bonchev–Trinajstić information content (AvgIpc) is 2.83. The molecule has 5 heteroatoms. The predicted molar refractivity (Wildman–Crippen MR) is 72.7 cm³/mol. The van der Waals surface area contributed by atoms with Crippen LogP contribution in [0.15, 0.2) is 12.4 Å². The molecule has 0 saturated heterocycles. The highest BCUT2D eigenvalue weighted by atomic mass is 32.1. The van der Waals surface area contributed by atoms with E-state index in [1.165, 1.54) is 32.1 Å². The average molecular weight is 252 g/mol. The number of nitrogens with one attached hydrogen (secondary N) is 2. The lowest BCUT2D eigenvalue weighted by Crippen LogP contribution is -2.43. The number of H-pyrrole nitrogens is 1. The molecule has 1 aliphatic carbocycles. The van der Waals surface area contributed by atoms with E-state index in [2.05, 4.69) is 20.4 Å². The maximum atomic E-state index is 5.41. The van der Waals surface area contributed by atoms with Crippen LogP contribution in [0.1, 0.15) is 37.7 Å². The lowest BCUT2D eigenvalue weighted by Gasteiger charge is -2.28. The van der Waals surface area contributed by atoms with Gasteiger partial charge in [-0.05, 0) is 25.1 Å². The van der Waals surface area contributed by atoms with Gasteiger partial charge in [0.2, 0.25) is 0 Å². The van der Waals surface area contributed by atoms with Crippen molar-refractivity contribution in [3.63, 3.8) is 0 Å². The Balaban J connectivity index is 1.78. The van der Waals surface area contributed by atoms with E-state index in [-0.39, 0.29) is 0 Å². The summed E-state index contributed by atoms with van der Waals surface area (Å²) in [7, 11) is 2.02. The van der Waals surface area contributed by atoms with Gasteiger partial charge in [0.25, 0.3) is 0 Å². The van der Waals surface area contributed by atoms with Crippen LogP contribution >= 0.6 is 12.2 Å². The van der Waals surface area contributed by atoms with Crippen LogP contribution in [-0.4, -0.2) is 33.3 Å². The second kappa shape index (κ2) is 6.00. The van der Waals surface area contributed by atoms with Crippen molar-refractivity contribution in [1.82, 2.24) is 20.4 Å². The van der Waals surface area contributed by atoms with Gasteiger partial charge in [-0.1, -0.05) is 19.3 Å². The number of hydrogen-bond acceptors (Lipinski definition) is 2. The minimum absolute atomic E-state index is 0.572. The summed E-state index contributed by atoms with van der Waals surface area (Å²) in [4.78, 5) is 2.06. The van der Waals surface area contributed by atoms with Gasteiger partial charge in [-0.15, -0.1) is 0 Å². The first-order valence-corrected chi connectivity index (χ1v) is 6.66. The van der Waals surface area contributed by atoms with Crippen LogP contribution in [0.4, 0.5) is 0 Å². The van der Waals surface area contributed by atoms with Crippen molar-refractivity contribution in [2.75, 3.05) is 7.05 Å². The Morgan fingerprint density at radius 3 is 2.94 bits per heavy atom. The minimum atomic E-state index is 0.572. The number of aromatic amines is 1. The molecule has 94 valence electrons. The number of hydrogen-bond donors (Lipinski definition) is 2. The zero-order valence-electron chi connectivity index (χ0n) is 10.3. The van der Waals surface area contributed by atoms with Gasteiger partial charge in [0.1, 0.15) is 0 Å². The molecule has 1 aromatic heterocycles. The van der Waals surface area contributed by atoms with E-state index in [1.807, 2.05) is 19.4 Å². The Labute approximate surface area is 108 Å². The number of aromatic nitrogens is 2. The van der Waals surface area contributed by atoms with Crippen molar-refractivity contribution in [3.05, 3.63) is 18.0 Å². The molecule has 0 atom stereocenters. The van der Waals surface area contributed by atoms with Gasteiger partial charge in [0.05, 0.1) is 6.20 Å². The van der Waals surface area contributed by atoms with Crippen LogP contribution in [0.5, 0.6) is 0 Å². The molecule has 0 aliphatic heterocycles. The van der Waals surface area contributed by atoms with Crippen LogP contribution in [0, 0.1) is 0 Å². The van der Waals surface area contributed by atoms with E-state index in [0.29, 0.717) is 6.04 Å². The molecule has 1 saturated carbocycles. The summed E-state index contributed by atoms with van der Waals surface area (Å²) in [6.45, 7) is 0.801. The van der Waals surface area contributed by atoms with Crippen molar-refractivity contribution < 1.29 is 0 Å². The first-order chi connectivity index (χ1) is 8.25. The van der Waals surface area contributed by atoms with Crippen molar-refractivity contribution in [1.29, 1.82) is 0 Å². The molecule has 2 N–H and O–H groups in total. The van der Waals surface area contributed by atoms with Crippen molar-refractivity contribution >= 4 is 17.3 Å². The van der Waals surface area contributed by atoms with Gasteiger partial charge in [-0.3, -0.25) is 5.10 Å². The Hall–Kier alpha value is -1.10. The highest BCUT2D eigenvalue weighted by Crippen LogP contribution is 2.17. The van der Waals surface area contributed by atoms with Crippen LogP contribution in [0.2, 0.25) is 0 Å². The molecule has 0 radical (unpaired) electrons. The Morgan fingerprint density at radius 1 is 1.53 bits per heavy atom. The molecular formula is C12H20N4S. The molecular weight excluding hydrogens is 232 g/mol. The zero-order chi connectivity index (χ0) is 12.1. The maximum Gasteiger partial charge on any atom is 0.169 e. The second-order valence-electron chi connectivity index (χ2n) is 4.75. The van der Waals surface area contributed by atoms with Crippen molar-refractivity contribution in [3.8, 4) is 0 Å². The molecule has 1 aromatic rings. The topological polar surface area (TPSA) is 44.0 Å². The van der Waals surface area contributed by atoms with Gasteiger partial charge in [0.15, 0.2) is 5.11 Å². The lowest BCUT2D eigenvalue weighted by molar-refractivity contribution is 0.392. The molecule has 17 heavy (non-hydrogen) atoms. The summed E-state index contributed by atoms with van der Waals surface area (Å²) in [6.07, 6.45) is 10.3. The van der Waals surface area contributed by atoms with Crippen LogP contribution < -0.4 is 5.32 Å². The third-order valence-electron chi connectivity index (χ3n) is 3.25. The lowest BCUT2D eigenvalue weighted by atomic mass is 9.96. The number of nitrogens with zero attached hydrogens (tertiary/aromatic N) is 2. The van der Waals surface area contributed by atoms with Gasteiger partial charge in [-0.2, -0.15) is 5.10 Å². The fourth-order valence-corrected chi connectivity index (χ4v) is 2.47. The molecule has 1 aliphatic rings. The normalized spacial score (nSPS) is 16.8. The SMILES string of the molecule is CN(Cc1cn[nH]c1)C(=S)NC1CCCCC1.